The Morgan fingerprint density at radius 1 is 1.53 bits per heavy atom. The second kappa shape index (κ2) is 6.06. The largest absolute Gasteiger partial charge is 0.399 e. The summed E-state index contributed by atoms with van der Waals surface area (Å²) in [5, 5.41) is 0. The van der Waals surface area contributed by atoms with Crippen molar-refractivity contribution >= 4 is 11.6 Å². The standard InChI is InChI=1S/C15H22N2O2/c1-3-19-13-5-4-8-17(10-13)15(18)12-6-7-14(16)11(2)9-12/h6-7,9,13H,3-5,8,10,16H2,1-2H3. The zero-order valence-corrected chi connectivity index (χ0v) is 11.7. The van der Waals surface area contributed by atoms with Gasteiger partial charge in [-0.25, -0.2) is 0 Å². The Bertz CT molecular complexity index is 457. The highest BCUT2D eigenvalue weighted by molar-refractivity contribution is 5.95. The molecular formula is C15H22N2O2. The number of carbonyl (C=O) groups is 1. The summed E-state index contributed by atoms with van der Waals surface area (Å²) in [7, 11) is 0. The second-order valence-electron chi connectivity index (χ2n) is 5.04. The zero-order chi connectivity index (χ0) is 13.8. The third kappa shape index (κ3) is 3.26. The topological polar surface area (TPSA) is 55.6 Å². The number of hydrogen-bond donors (Lipinski definition) is 1. The van der Waals surface area contributed by atoms with Crippen molar-refractivity contribution in [3.8, 4) is 0 Å². The van der Waals surface area contributed by atoms with Crippen LogP contribution in [0, 0.1) is 6.92 Å². The fourth-order valence-corrected chi connectivity index (χ4v) is 2.49. The Morgan fingerprint density at radius 2 is 2.32 bits per heavy atom. The number of anilines is 1. The second-order valence-corrected chi connectivity index (χ2v) is 5.04. The van der Waals surface area contributed by atoms with Gasteiger partial charge in [-0.15, -0.1) is 0 Å². The normalized spacial score (nSPS) is 19.5. The molecule has 0 aliphatic carbocycles. The van der Waals surface area contributed by atoms with Gasteiger partial charge in [0, 0.05) is 30.9 Å². The molecule has 1 aliphatic heterocycles. The monoisotopic (exact) mass is 262 g/mol. The zero-order valence-electron chi connectivity index (χ0n) is 11.7. The van der Waals surface area contributed by atoms with E-state index in [1.54, 1.807) is 12.1 Å². The maximum absolute atomic E-state index is 12.4. The number of nitrogens with two attached hydrogens (primary N) is 1. The summed E-state index contributed by atoms with van der Waals surface area (Å²) >= 11 is 0. The summed E-state index contributed by atoms with van der Waals surface area (Å²) < 4.78 is 5.63. The number of hydrogen-bond acceptors (Lipinski definition) is 3. The van der Waals surface area contributed by atoms with Crippen LogP contribution in [0.25, 0.3) is 0 Å². The highest BCUT2D eigenvalue weighted by atomic mass is 16.5. The van der Waals surface area contributed by atoms with Gasteiger partial charge in [-0.2, -0.15) is 0 Å². The molecule has 1 aromatic carbocycles. The van der Waals surface area contributed by atoms with Crippen LogP contribution in [0.4, 0.5) is 5.69 Å². The van der Waals surface area contributed by atoms with E-state index in [1.165, 1.54) is 0 Å². The minimum Gasteiger partial charge on any atom is -0.399 e. The number of carbonyl (C=O) groups excluding carboxylic acids is 1. The summed E-state index contributed by atoms with van der Waals surface area (Å²) in [4.78, 5) is 14.3. The van der Waals surface area contributed by atoms with Crippen molar-refractivity contribution in [1.82, 2.24) is 4.90 Å². The molecule has 0 spiro atoms. The quantitative estimate of drug-likeness (QED) is 0.850. The van der Waals surface area contributed by atoms with Crippen molar-refractivity contribution < 1.29 is 9.53 Å². The lowest BCUT2D eigenvalue weighted by Gasteiger charge is -2.32. The van der Waals surface area contributed by atoms with Crippen molar-refractivity contribution in [3.63, 3.8) is 0 Å². The number of nitrogens with zero attached hydrogens (tertiary/aromatic N) is 1. The molecule has 0 aromatic heterocycles. The summed E-state index contributed by atoms with van der Waals surface area (Å²) in [5.41, 5.74) is 8.17. The van der Waals surface area contributed by atoms with Crippen LogP contribution in [-0.4, -0.2) is 36.6 Å². The van der Waals surface area contributed by atoms with Crippen LogP contribution in [0.3, 0.4) is 0 Å². The summed E-state index contributed by atoms with van der Waals surface area (Å²) in [6.45, 7) is 6.12. The smallest absolute Gasteiger partial charge is 0.253 e. The first-order valence-corrected chi connectivity index (χ1v) is 6.88. The van der Waals surface area contributed by atoms with Crippen molar-refractivity contribution in [2.75, 3.05) is 25.4 Å². The van der Waals surface area contributed by atoms with Crippen molar-refractivity contribution in [2.45, 2.75) is 32.8 Å². The van der Waals surface area contributed by atoms with Gasteiger partial charge in [-0.1, -0.05) is 0 Å². The number of aryl methyl sites for hydroxylation is 1. The average molecular weight is 262 g/mol. The Balaban J connectivity index is 2.08. The molecule has 19 heavy (non-hydrogen) atoms. The summed E-state index contributed by atoms with van der Waals surface area (Å²) in [6, 6.07) is 5.46. The number of amides is 1. The molecule has 2 rings (SSSR count). The van der Waals surface area contributed by atoms with E-state index in [2.05, 4.69) is 0 Å². The molecule has 1 fully saturated rings. The fraction of sp³-hybridized carbons (Fsp3) is 0.533. The highest BCUT2D eigenvalue weighted by Gasteiger charge is 2.24. The van der Waals surface area contributed by atoms with E-state index in [0.717, 1.165) is 30.6 Å². The molecule has 1 saturated heterocycles. The molecule has 4 heteroatoms. The van der Waals surface area contributed by atoms with E-state index in [-0.39, 0.29) is 12.0 Å². The molecule has 104 valence electrons. The predicted molar refractivity (Wildman–Crippen MR) is 76.1 cm³/mol. The number of piperidine rings is 1. The molecule has 1 heterocycles. The van der Waals surface area contributed by atoms with E-state index < -0.39 is 0 Å². The first kappa shape index (κ1) is 13.9. The van der Waals surface area contributed by atoms with Crippen LogP contribution < -0.4 is 5.73 Å². The molecular weight excluding hydrogens is 240 g/mol. The van der Waals surface area contributed by atoms with E-state index in [1.807, 2.05) is 24.8 Å². The molecule has 2 N–H and O–H groups in total. The van der Waals surface area contributed by atoms with Crippen LogP contribution >= 0.6 is 0 Å². The minimum absolute atomic E-state index is 0.0764. The van der Waals surface area contributed by atoms with Gasteiger partial charge in [0.15, 0.2) is 0 Å². The van der Waals surface area contributed by atoms with Gasteiger partial charge in [0.1, 0.15) is 0 Å². The van der Waals surface area contributed by atoms with Crippen molar-refractivity contribution in [1.29, 1.82) is 0 Å². The number of nitrogen functional groups attached to an aromatic ring is 1. The fourth-order valence-electron chi connectivity index (χ4n) is 2.49. The van der Waals surface area contributed by atoms with E-state index in [4.69, 9.17) is 10.5 Å². The Morgan fingerprint density at radius 3 is 3.00 bits per heavy atom. The number of likely N-dealkylation sites (tertiary alicyclic amines) is 1. The lowest BCUT2D eigenvalue weighted by molar-refractivity contribution is 0.00724. The van der Waals surface area contributed by atoms with Gasteiger partial charge >= 0.3 is 0 Å². The maximum atomic E-state index is 12.4. The molecule has 0 saturated carbocycles. The Hall–Kier alpha value is -1.55. The van der Waals surface area contributed by atoms with E-state index in [9.17, 15) is 4.79 Å². The highest BCUT2D eigenvalue weighted by Crippen LogP contribution is 2.18. The van der Waals surface area contributed by atoms with Gasteiger partial charge in [0.25, 0.3) is 5.91 Å². The molecule has 0 radical (unpaired) electrons. The Kier molecular flexibility index (Phi) is 4.43. The molecule has 1 aromatic rings. The Labute approximate surface area is 114 Å². The SMILES string of the molecule is CCOC1CCCN(C(=O)c2ccc(N)c(C)c2)C1. The minimum atomic E-state index is 0.0764. The van der Waals surface area contributed by atoms with E-state index in [0.29, 0.717) is 18.7 Å². The van der Waals surface area contributed by atoms with Crippen LogP contribution in [0.5, 0.6) is 0 Å². The molecule has 4 nitrogen and oxygen atoms in total. The van der Waals surface area contributed by atoms with E-state index >= 15 is 0 Å². The van der Waals surface area contributed by atoms with Gasteiger partial charge in [-0.05, 0) is 50.5 Å². The molecule has 1 amide bonds. The summed E-state index contributed by atoms with van der Waals surface area (Å²) in [5.74, 6) is 0.0764. The molecule has 1 aliphatic rings. The van der Waals surface area contributed by atoms with Crippen LogP contribution in [-0.2, 0) is 4.74 Å². The number of benzene rings is 1. The summed E-state index contributed by atoms with van der Waals surface area (Å²) in [6.07, 6.45) is 2.22. The third-order valence-electron chi connectivity index (χ3n) is 3.58. The van der Waals surface area contributed by atoms with Gasteiger partial charge in [0.2, 0.25) is 0 Å². The van der Waals surface area contributed by atoms with Gasteiger partial charge < -0.3 is 15.4 Å². The van der Waals surface area contributed by atoms with Crippen LogP contribution in [0.1, 0.15) is 35.7 Å². The number of ether oxygens (including phenoxy) is 1. The van der Waals surface area contributed by atoms with Crippen LogP contribution in [0.2, 0.25) is 0 Å². The number of rotatable bonds is 3. The average Bonchev–Trinajstić information content (AvgIpc) is 2.42. The molecule has 1 unspecified atom stereocenters. The first-order chi connectivity index (χ1) is 9.11. The molecule has 1 atom stereocenters. The van der Waals surface area contributed by atoms with Crippen LogP contribution in [0.15, 0.2) is 18.2 Å². The third-order valence-corrected chi connectivity index (χ3v) is 3.58. The van der Waals surface area contributed by atoms with Crippen molar-refractivity contribution in [2.24, 2.45) is 0 Å². The first-order valence-electron chi connectivity index (χ1n) is 6.88. The predicted octanol–water partition coefficient (Wildman–Crippen LogP) is 2.22. The lowest BCUT2D eigenvalue weighted by atomic mass is 10.0. The lowest BCUT2D eigenvalue weighted by Crippen LogP contribution is -2.43. The van der Waals surface area contributed by atoms with Gasteiger partial charge in [-0.3, -0.25) is 4.79 Å². The van der Waals surface area contributed by atoms with Gasteiger partial charge in [0.05, 0.1) is 6.10 Å². The maximum Gasteiger partial charge on any atom is 0.253 e. The molecule has 0 bridgehead atoms. The van der Waals surface area contributed by atoms with Crippen molar-refractivity contribution in [3.05, 3.63) is 29.3 Å².